The molecule has 0 spiro atoms. The Balaban J connectivity index is 1.93. The molecule has 0 aliphatic carbocycles. The summed E-state index contributed by atoms with van der Waals surface area (Å²) in [5.74, 6) is -0.937. The maximum absolute atomic E-state index is 14.3. The lowest BCUT2D eigenvalue weighted by Crippen LogP contribution is -2.31. The molecule has 3 rings (SSSR count). The smallest absolute Gasteiger partial charge is 0.252 e. The van der Waals surface area contributed by atoms with E-state index in [9.17, 15) is 14.0 Å². The van der Waals surface area contributed by atoms with Crippen molar-refractivity contribution in [1.29, 1.82) is 0 Å². The molecule has 132 valence electrons. The van der Waals surface area contributed by atoms with Crippen LogP contribution in [0, 0.1) is 5.82 Å². The third-order valence-electron chi connectivity index (χ3n) is 4.04. The molecule has 0 radical (unpaired) electrons. The molecule has 3 N–H and O–H groups in total. The first-order valence-electron chi connectivity index (χ1n) is 7.89. The van der Waals surface area contributed by atoms with Gasteiger partial charge in [0.15, 0.2) is 0 Å². The molecule has 0 unspecified atom stereocenters. The summed E-state index contributed by atoms with van der Waals surface area (Å²) in [6.07, 6.45) is 3.30. The van der Waals surface area contributed by atoms with E-state index in [-0.39, 0.29) is 0 Å². The number of halogens is 1. The largest absolute Gasteiger partial charge is 0.366 e. The molecule has 2 aromatic carbocycles. The summed E-state index contributed by atoms with van der Waals surface area (Å²) in [6.45, 7) is 0. The molecule has 0 fully saturated rings. The van der Waals surface area contributed by atoms with Gasteiger partial charge in [-0.25, -0.2) is 9.37 Å². The van der Waals surface area contributed by atoms with Crippen LogP contribution in [0.5, 0.6) is 0 Å². The van der Waals surface area contributed by atoms with Crippen LogP contribution in [0.1, 0.15) is 38.1 Å². The van der Waals surface area contributed by atoms with Crippen molar-refractivity contribution in [3.63, 3.8) is 0 Å². The van der Waals surface area contributed by atoms with Gasteiger partial charge in [0.25, 0.3) is 5.91 Å². The van der Waals surface area contributed by atoms with Gasteiger partial charge in [-0.15, -0.1) is 0 Å². The molecule has 7 heteroatoms. The summed E-state index contributed by atoms with van der Waals surface area (Å²) in [7, 11) is 1.77. The number of imidazole rings is 1. The maximum atomic E-state index is 14.3. The second-order valence-electron chi connectivity index (χ2n) is 5.77. The van der Waals surface area contributed by atoms with E-state index in [1.54, 1.807) is 42.2 Å². The van der Waals surface area contributed by atoms with Crippen molar-refractivity contribution < 1.29 is 14.0 Å². The van der Waals surface area contributed by atoms with Gasteiger partial charge in [-0.2, -0.15) is 0 Å². The first-order chi connectivity index (χ1) is 12.5. The topological polar surface area (TPSA) is 90.0 Å². The van der Waals surface area contributed by atoms with Gasteiger partial charge >= 0.3 is 0 Å². The van der Waals surface area contributed by atoms with Crippen LogP contribution in [0.2, 0.25) is 0 Å². The zero-order chi connectivity index (χ0) is 18.7. The summed E-state index contributed by atoms with van der Waals surface area (Å²) < 4.78 is 16.0. The average molecular weight is 352 g/mol. The van der Waals surface area contributed by atoms with Crippen molar-refractivity contribution in [2.45, 2.75) is 6.04 Å². The predicted molar refractivity (Wildman–Crippen MR) is 93.9 cm³/mol. The number of nitrogens with one attached hydrogen (secondary N) is 1. The molecule has 1 heterocycles. The van der Waals surface area contributed by atoms with Gasteiger partial charge in [0.1, 0.15) is 17.7 Å². The van der Waals surface area contributed by atoms with Crippen molar-refractivity contribution in [2.24, 2.45) is 12.8 Å². The van der Waals surface area contributed by atoms with Crippen LogP contribution in [-0.4, -0.2) is 21.4 Å². The second-order valence-corrected chi connectivity index (χ2v) is 5.77. The van der Waals surface area contributed by atoms with Crippen molar-refractivity contribution >= 4 is 11.8 Å². The van der Waals surface area contributed by atoms with Crippen LogP contribution in [0.25, 0.3) is 0 Å². The van der Waals surface area contributed by atoms with Crippen LogP contribution >= 0.6 is 0 Å². The van der Waals surface area contributed by atoms with Crippen molar-refractivity contribution in [3.8, 4) is 0 Å². The molecule has 1 aromatic heterocycles. The molecule has 0 aliphatic rings. The Hall–Kier alpha value is -3.48. The number of nitrogens with two attached hydrogens (primary N) is 1. The van der Waals surface area contributed by atoms with Crippen molar-refractivity contribution in [3.05, 3.63) is 89.3 Å². The number of carbonyl (C=O) groups is 2. The maximum Gasteiger partial charge on any atom is 0.252 e. The zero-order valence-electron chi connectivity index (χ0n) is 14.0. The number of rotatable bonds is 5. The van der Waals surface area contributed by atoms with E-state index in [4.69, 9.17) is 5.73 Å². The van der Waals surface area contributed by atoms with Crippen LogP contribution in [0.15, 0.2) is 60.9 Å². The first kappa shape index (κ1) is 17.3. The molecule has 0 saturated carbocycles. The standard InChI is InChI=1S/C19H17FN4O2/c1-24-11-10-22-18(24)16(14-4-2-3-5-15(14)20)23-19(26)13-8-6-12(7-9-13)17(21)25/h2-11,16H,1H3,(H2,21,25)(H,23,26)/t16-/m0/s1. The van der Waals surface area contributed by atoms with E-state index in [0.717, 1.165) is 0 Å². The Morgan fingerprint density at radius 1 is 1.12 bits per heavy atom. The third kappa shape index (κ3) is 3.46. The number of carbonyl (C=O) groups excluding carboxylic acids is 2. The van der Waals surface area contributed by atoms with E-state index in [1.807, 2.05) is 0 Å². The minimum absolute atomic E-state index is 0.302. The Morgan fingerprint density at radius 3 is 2.35 bits per heavy atom. The molecule has 0 aliphatic heterocycles. The Labute approximate surface area is 149 Å². The molecule has 2 amide bonds. The minimum Gasteiger partial charge on any atom is -0.366 e. The average Bonchev–Trinajstić information content (AvgIpc) is 3.06. The highest BCUT2D eigenvalue weighted by Crippen LogP contribution is 2.23. The molecule has 1 atom stereocenters. The predicted octanol–water partition coefficient (Wildman–Crippen LogP) is 2.18. The van der Waals surface area contributed by atoms with Crippen LogP contribution < -0.4 is 11.1 Å². The number of aryl methyl sites for hydroxylation is 1. The zero-order valence-corrected chi connectivity index (χ0v) is 14.0. The number of benzene rings is 2. The van der Waals surface area contributed by atoms with Gasteiger partial charge < -0.3 is 15.6 Å². The van der Waals surface area contributed by atoms with Crippen molar-refractivity contribution in [2.75, 3.05) is 0 Å². The number of primary amides is 1. The van der Waals surface area contributed by atoms with E-state index < -0.39 is 23.7 Å². The quantitative estimate of drug-likeness (QED) is 0.737. The van der Waals surface area contributed by atoms with E-state index >= 15 is 0 Å². The highest BCUT2D eigenvalue weighted by molar-refractivity contribution is 5.97. The molecule has 0 saturated heterocycles. The van der Waals surface area contributed by atoms with Gasteiger partial charge in [0.05, 0.1) is 0 Å². The SMILES string of the molecule is Cn1ccnc1[C@@H](NC(=O)c1ccc(C(N)=O)cc1)c1ccccc1F. The highest BCUT2D eigenvalue weighted by atomic mass is 19.1. The van der Waals surface area contributed by atoms with Gasteiger partial charge in [0, 0.05) is 36.1 Å². The second kappa shape index (κ2) is 7.18. The molecule has 3 aromatic rings. The third-order valence-corrected chi connectivity index (χ3v) is 4.04. The summed E-state index contributed by atoms with van der Waals surface area (Å²) in [5.41, 5.74) is 6.14. The summed E-state index contributed by atoms with van der Waals surface area (Å²) in [4.78, 5) is 28.0. The lowest BCUT2D eigenvalue weighted by molar-refractivity contribution is 0.0938. The normalized spacial score (nSPS) is 11.8. The van der Waals surface area contributed by atoms with Gasteiger partial charge in [0.2, 0.25) is 5.91 Å². The number of amides is 2. The first-order valence-corrected chi connectivity index (χ1v) is 7.89. The fourth-order valence-electron chi connectivity index (χ4n) is 2.65. The Bertz CT molecular complexity index is 950. The number of hydrogen-bond acceptors (Lipinski definition) is 3. The number of aromatic nitrogens is 2. The summed E-state index contributed by atoms with van der Waals surface area (Å²) >= 11 is 0. The number of nitrogens with zero attached hydrogens (tertiary/aromatic N) is 2. The fourth-order valence-corrected chi connectivity index (χ4v) is 2.65. The van der Waals surface area contributed by atoms with Crippen LogP contribution in [0.3, 0.4) is 0 Å². The van der Waals surface area contributed by atoms with Crippen LogP contribution in [-0.2, 0) is 7.05 Å². The number of hydrogen-bond donors (Lipinski definition) is 2. The minimum atomic E-state index is -0.764. The monoisotopic (exact) mass is 352 g/mol. The Morgan fingerprint density at radius 2 is 1.77 bits per heavy atom. The van der Waals surface area contributed by atoms with E-state index in [1.165, 1.54) is 30.3 Å². The van der Waals surface area contributed by atoms with Crippen molar-refractivity contribution in [1.82, 2.24) is 14.9 Å². The molecule has 26 heavy (non-hydrogen) atoms. The lowest BCUT2D eigenvalue weighted by atomic mass is 10.0. The van der Waals surface area contributed by atoms with E-state index in [0.29, 0.717) is 22.5 Å². The summed E-state index contributed by atoms with van der Waals surface area (Å²) in [6, 6.07) is 11.4. The highest BCUT2D eigenvalue weighted by Gasteiger charge is 2.24. The summed E-state index contributed by atoms with van der Waals surface area (Å²) in [5, 5.41) is 2.80. The van der Waals surface area contributed by atoms with E-state index in [2.05, 4.69) is 10.3 Å². The van der Waals surface area contributed by atoms with Crippen LogP contribution in [0.4, 0.5) is 4.39 Å². The van der Waals surface area contributed by atoms with Gasteiger partial charge in [-0.3, -0.25) is 9.59 Å². The molecular formula is C19H17FN4O2. The molecule has 6 nitrogen and oxygen atoms in total. The van der Waals surface area contributed by atoms with Gasteiger partial charge in [-0.1, -0.05) is 18.2 Å². The van der Waals surface area contributed by atoms with Gasteiger partial charge in [-0.05, 0) is 30.3 Å². The Kier molecular flexibility index (Phi) is 4.79. The lowest BCUT2D eigenvalue weighted by Gasteiger charge is -2.20. The fraction of sp³-hybridized carbons (Fsp3) is 0.105. The molecular weight excluding hydrogens is 335 g/mol. The molecule has 0 bridgehead atoms.